The molecule has 2 heterocycles. The molecule has 0 nitrogen and oxygen atoms in total. The van der Waals surface area contributed by atoms with E-state index in [1.807, 2.05) is 6.07 Å². The Balaban J connectivity index is 2.45. The van der Waals surface area contributed by atoms with E-state index in [-0.39, 0.29) is 0 Å². The van der Waals surface area contributed by atoms with Gasteiger partial charge in [0.1, 0.15) is 0 Å². The summed E-state index contributed by atoms with van der Waals surface area (Å²) in [7, 11) is 0. The molecule has 0 N–H and O–H groups in total. The first kappa shape index (κ1) is 7.53. The van der Waals surface area contributed by atoms with Crippen molar-refractivity contribution < 1.29 is 0 Å². The molecular weight excluding hydrogens is 240 g/mol. The monoisotopic (exact) mass is 243 g/mol. The van der Waals surface area contributed by atoms with E-state index in [4.69, 9.17) is 0 Å². The van der Waals surface area contributed by atoms with Crippen molar-refractivity contribution >= 4 is 38.6 Å². The lowest BCUT2D eigenvalue weighted by atomic mass is 10.4. The molecule has 3 heteroatoms. The molecule has 1 radical (unpaired) electrons. The molecule has 0 spiro atoms. The summed E-state index contributed by atoms with van der Waals surface area (Å²) in [6.45, 7) is 0. The van der Waals surface area contributed by atoms with E-state index >= 15 is 0 Å². The SMILES string of the molecule is Brc1ccc(-c2cc[c]s2)s1. The van der Waals surface area contributed by atoms with E-state index in [9.17, 15) is 0 Å². The molecule has 0 aliphatic heterocycles. The average molecular weight is 244 g/mol. The fraction of sp³-hybridized carbons (Fsp3) is 0. The third-order valence-electron chi connectivity index (χ3n) is 1.29. The van der Waals surface area contributed by atoms with Gasteiger partial charge in [0.2, 0.25) is 0 Å². The Morgan fingerprint density at radius 3 is 2.64 bits per heavy atom. The smallest absolute Gasteiger partial charge is 0.0705 e. The van der Waals surface area contributed by atoms with Gasteiger partial charge < -0.3 is 0 Å². The lowest BCUT2D eigenvalue weighted by Crippen LogP contribution is -1.55. The molecular formula is C8H4BrS2. The van der Waals surface area contributed by atoms with Gasteiger partial charge in [0.25, 0.3) is 0 Å². The molecule has 0 unspecified atom stereocenters. The van der Waals surface area contributed by atoms with Crippen LogP contribution in [0.3, 0.4) is 0 Å². The van der Waals surface area contributed by atoms with Crippen molar-refractivity contribution in [1.82, 2.24) is 0 Å². The highest BCUT2D eigenvalue weighted by molar-refractivity contribution is 9.11. The molecule has 0 amide bonds. The van der Waals surface area contributed by atoms with Crippen molar-refractivity contribution in [3.8, 4) is 9.75 Å². The molecule has 0 aliphatic carbocycles. The Morgan fingerprint density at radius 1 is 1.18 bits per heavy atom. The fourth-order valence-electron chi connectivity index (χ4n) is 0.820. The van der Waals surface area contributed by atoms with Crippen molar-refractivity contribution in [1.29, 1.82) is 0 Å². The summed E-state index contributed by atoms with van der Waals surface area (Å²) in [5.74, 6) is 0. The van der Waals surface area contributed by atoms with Gasteiger partial charge in [0.05, 0.1) is 3.79 Å². The van der Waals surface area contributed by atoms with Gasteiger partial charge in [-0.15, -0.1) is 22.7 Å². The maximum Gasteiger partial charge on any atom is 0.0705 e. The van der Waals surface area contributed by atoms with Crippen molar-refractivity contribution in [3.63, 3.8) is 0 Å². The normalized spacial score (nSPS) is 10.3. The Kier molecular flexibility index (Phi) is 2.11. The van der Waals surface area contributed by atoms with E-state index in [0.717, 1.165) is 0 Å². The van der Waals surface area contributed by atoms with Crippen molar-refractivity contribution in [2.45, 2.75) is 0 Å². The van der Waals surface area contributed by atoms with Gasteiger partial charge in [0, 0.05) is 15.1 Å². The lowest BCUT2D eigenvalue weighted by Gasteiger charge is -1.85. The molecule has 11 heavy (non-hydrogen) atoms. The molecule has 0 saturated carbocycles. The van der Waals surface area contributed by atoms with Gasteiger partial charge in [-0.2, -0.15) is 0 Å². The summed E-state index contributed by atoms with van der Waals surface area (Å²) >= 11 is 6.84. The third kappa shape index (κ3) is 1.55. The zero-order valence-electron chi connectivity index (χ0n) is 5.50. The number of halogens is 1. The van der Waals surface area contributed by atoms with Gasteiger partial charge >= 0.3 is 0 Å². The molecule has 2 aromatic rings. The largest absolute Gasteiger partial charge is 0.134 e. The van der Waals surface area contributed by atoms with Crippen LogP contribution in [0.5, 0.6) is 0 Å². The van der Waals surface area contributed by atoms with Crippen LogP contribution in [0.1, 0.15) is 0 Å². The first-order valence-corrected chi connectivity index (χ1v) is 5.50. The quantitative estimate of drug-likeness (QED) is 0.710. The topological polar surface area (TPSA) is 0 Å². The van der Waals surface area contributed by atoms with Crippen molar-refractivity contribution in [2.24, 2.45) is 0 Å². The maximum absolute atomic E-state index is 3.43. The highest BCUT2D eigenvalue weighted by atomic mass is 79.9. The summed E-state index contributed by atoms with van der Waals surface area (Å²) in [6.07, 6.45) is 0. The molecule has 0 bridgehead atoms. The van der Waals surface area contributed by atoms with E-state index in [0.29, 0.717) is 0 Å². The third-order valence-corrected chi connectivity index (χ3v) is 3.90. The minimum absolute atomic E-state index is 1.18. The fourth-order valence-corrected chi connectivity index (χ4v) is 2.94. The average Bonchev–Trinajstić information content (AvgIpc) is 2.55. The highest BCUT2D eigenvalue weighted by Gasteiger charge is 2.00. The van der Waals surface area contributed by atoms with Gasteiger partial charge in [-0.05, 0) is 40.2 Å². The van der Waals surface area contributed by atoms with Crippen LogP contribution in [0, 0.1) is 5.38 Å². The Labute approximate surface area is 81.6 Å². The van der Waals surface area contributed by atoms with Crippen LogP contribution in [0.15, 0.2) is 28.1 Å². The summed E-state index contributed by atoms with van der Waals surface area (Å²) in [4.78, 5) is 2.60. The van der Waals surface area contributed by atoms with Crippen molar-refractivity contribution in [2.75, 3.05) is 0 Å². The number of rotatable bonds is 1. The Bertz CT molecular complexity index is 335. The van der Waals surface area contributed by atoms with Gasteiger partial charge in [-0.3, -0.25) is 0 Å². The minimum Gasteiger partial charge on any atom is -0.134 e. The van der Waals surface area contributed by atoms with Crippen LogP contribution in [-0.4, -0.2) is 0 Å². The van der Waals surface area contributed by atoms with E-state index in [1.165, 1.54) is 13.5 Å². The Hall–Kier alpha value is -0.120. The molecule has 0 atom stereocenters. The van der Waals surface area contributed by atoms with Crippen LogP contribution in [-0.2, 0) is 0 Å². The second kappa shape index (κ2) is 3.09. The number of hydrogen-bond acceptors (Lipinski definition) is 2. The van der Waals surface area contributed by atoms with Gasteiger partial charge in [-0.1, -0.05) is 0 Å². The highest BCUT2D eigenvalue weighted by Crippen LogP contribution is 2.33. The lowest BCUT2D eigenvalue weighted by molar-refractivity contribution is 1.91. The number of hydrogen-bond donors (Lipinski definition) is 0. The van der Waals surface area contributed by atoms with E-state index in [2.05, 4.69) is 39.5 Å². The van der Waals surface area contributed by atoms with Crippen LogP contribution in [0.4, 0.5) is 0 Å². The minimum atomic E-state index is 1.18. The summed E-state index contributed by atoms with van der Waals surface area (Å²) < 4.78 is 1.18. The summed E-state index contributed by atoms with van der Waals surface area (Å²) in [6, 6.07) is 8.23. The first-order chi connectivity index (χ1) is 5.36. The first-order valence-electron chi connectivity index (χ1n) is 3.08. The van der Waals surface area contributed by atoms with E-state index < -0.39 is 0 Å². The maximum atomic E-state index is 3.43. The standard InChI is InChI=1S/C8H4BrS2/c9-8-4-3-7(11-8)6-2-1-5-10-6/h1-4H. The molecule has 0 aromatic carbocycles. The molecule has 0 aliphatic rings. The predicted molar refractivity (Wildman–Crippen MR) is 54.2 cm³/mol. The van der Waals surface area contributed by atoms with Crippen LogP contribution >= 0.6 is 38.6 Å². The predicted octanol–water partition coefficient (Wildman–Crippen LogP) is 4.04. The second-order valence-corrected chi connectivity index (χ2v) is 5.36. The Morgan fingerprint density at radius 2 is 2.09 bits per heavy atom. The summed E-state index contributed by atoms with van der Waals surface area (Å²) in [5.41, 5.74) is 0. The van der Waals surface area contributed by atoms with E-state index in [1.54, 1.807) is 22.7 Å². The van der Waals surface area contributed by atoms with Crippen LogP contribution in [0.2, 0.25) is 0 Å². The molecule has 0 fully saturated rings. The summed E-state index contributed by atoms with van der Waals surface area (Å²) in [5, 5.41) is 3.07. The van der Waals surface area contributed by atoms with Gasteiger partial charge in [0.15, 0.2) is 0 Å². The van der Waals surface area contributed by atoms with Crippen molar-refractivity contribution in [3.05, 3.63) is 33.4 Å². The zero-order chi connectivity index (χ0) is 7.68. The second-order valence-electron chi connectivity index (χ2n) is 2.02. The zero-order valence-corrected chi connectivity index (χ0v) is 8.72. The van der Waals surface area contributed by atoms with Crippen LogP contribution < -0.4 is 0 Å². The molecule has 2 aromatic heterocycles. The van der Waals surface area contributed by atoms with Crippen LogP contribution in [0.25, 0.3) is 9.75 Å². The molecule has 0 saturated heterocycles. The molecule has 55 valence electrons. The molecule has 2 rings (SSSR count). The van der Waals surface area contributed by atoms with Gasteiger partial charge in [-0.25, -0.2) is 0 Å². The number of thiophene rings is 2.